The second-order valence-corrected chi connectivity index (χ2v) is 6.52. The van der Waals surface area contributed by atoms with Gasteiger partial charge in [-0.25, -0.2) is 0 Å². The molecule has 17 heavy (non-hydrogen) atoms. The quantitative estimate of drug-likeness (QED) is 0.807. The molecule has 2 heteroatoms. The molecular formula is C15H28N2. The summed E-state index contributed by atoms with van der Waals surface area (Å²) in [7, 11) is 0. The summed E-state index contributed by atoms with van der Waals surface area (Å²) >= 11 is 0. The van der Waals surface area contributed by atoms with Crippen molar-refractivity contribution in [2.75, 3.05) is 13.1 Å². The van der Waals surface area contributed by atoms with Crippen LogP contribution < -0.4 is 5.32 Å². The third-order valence-corrected chi connectivity index (χ3v) is 5.12. The van der Waals surface area contributed by atoms with Crippen molar-refractivity contribution in [3.05, 3.63) is 0 Å². The molecule has 0 radical (unpaired) electrons. The van der Waals surface area contributed by atoms with Gasteiger partial charge in [-0.1, -0.05) is 26.2 Å². The topological polar surface area (TPSA) is 15.3 Å². The molecule has 2 nitrogen and oxygen atoms in total. The molecule has 0 spiro atoms. The highest BCUT2D eigenvalue weighted by Crippen LogP contribution is 2.32. The Balaban J connectivity index is 1.47. The fraction of sp³-hybridized carbons (Fsp3) is 1.00. The predicted molar refractivity (Wildman–Crippen MR) is 72.2 cm³/mol. The zero-order chi connectivity index (χ0) is 11.7. The monoisotopic (exact) mass is 236 g/mol. The van der Waals surface area contributed by atoms with Crippen molar-refractivity contribution < 1.29 is 0 Å². The van der Waals surface area contributed by atoms with Crippen LogP contribution in [-0.4, -0.2) is 36.1 Å². The Morgan fingerprint density at radius 2 is 1.94 bits per heavy atom. The first-order chi connectivity index (χ1) is 8.35. The average molecular weight is 236 g/mol. The Kier molecular flexibility index (Phi) is 3.72. The molecule has 3 unspecified atom stereocenters. The van der Waals surface area contributed by atoms with Crippen LogP contribution in [0, 0.1) is 5.92 Å². The zero-order valence-electron chi connectivity index (χ0n) is 11.3. The summed E-state index contributed by atoms with van der Waals surface area (Å²) in [5.41, 5.74) is 0. The SMILES string of the molecule is CCC1CCCC(N2CCC(NC3CC3)C2)C1. The maximum Gasteiger partial charge on any atom is 0.0209 e. The summed E-state index contributed by atoms with van der Waals surface area (Å²) in [6.07, 6.45) is 11.6. The molecule has 1 heterocycles. The van der Waals surface area contributed by atoms with Crippen LogP contribution in [0.4, 0.5) is 0 Å². The molecule has 98 valence electrons. The lowest BCUT2D eigenvalue weighted by atomic mass is 9.83. The molecule has 3 atom stereocenters. The maximum atomic E-state index is 3.81. The summed E-state index contributed by atoms with van der Waals surface area (Å²) in [5.74, 6) is 1.02. The molecule has 3 aliphatic rings. The molecule has 0 aromatic carbocycles. The van der Waals surface area contributed by atoms with Crippen molar-refractivity contribution in [2.45, 2.75) is 76.4 Å². The van der Waals surface area contributed by atoms with Crippen molar-refractivity contribution in [1.29, 1.82) is 0 Å². The summed E-state index contributed by atoms with van der Waals surface area (Å²) in [5, 5.41) is 3.81. The lowest BCUT2D eigenvalue weighted by Gasteiger charge is -2.35. The number of likely N-dealkylation sites (tertiary alicyclic amines) is 1. The van der Waals surface area contributed by atoms with Gasteiger partial charge in [0.2, 0.25) is 0 Å². The normalized spacial score (nSPS) is 39.7. The number of nitrogens with zero attached hydrogens (tertiary/aromatic N) is 1. The van der Waals surface area contributed by atoms with Gasteiger partial charge in [-0.15, -0.1) is 0 Å². The zero-order valence-corrected chi connectivity index (χ0v) is 11.3. The molecule has 1 N–H and O–H groups in total. The predicted octanol–water partition coefficient (Wildman–Crippen LogP) is 2.78. The molecular weight excluding hydrogens is 208 g/mol. The highest BCUT2D eigenvalue weighted by atomic mass is 15.2. The van der Waals surface area contributed by atoms with Crippen LogP contribution in [-0.2, 0) is 0 Å². The Morgan fingerprint density at radius 3 is 2.71 bits per heavy atom. The van der Waals surface area contributed by atoms with Gasteiger partial charge in [0.15, 0.2) is 0 Å². The summed E-state index contributed by atoms with van der Waals surface area (Å²) < 4.78 is 0. The van der Waals surface area contributed by atoms with Crippen LogP contribution >= 0.6 is 0 Å². The molecule has 1 saturated heterocycles. The molecule has 2 aliphatic carbocycles. The van der Waals surface area contributed by atoms with E-state index in [0.717, 1.165) is 24.0 Å². The number of rotatable bonds is 4. The van der Waals surface area contributed by atoms with Crippen LogP contribution in [0.5, 0.6) is 0 Å². The number of hydrogen-bond donors (Lipinski definition) is 1. The molecule has 3 fully saturated rings. The highest BCUT2D eigenvalue weighted by Gasteiger charge is 2.33. The van der Waals surface area contributed by atoms with E-state index in [0.29, 0.717) is 0 Å². The standard InChI is InChI=1S/C15H28N2/c1-2-12-4-3-5-15(10-12)17-9-8-14(11-17)16-13-6-7-13/h12-16H,2-11H2,1H3. The molecule has 0 aromatic rings. The molecule has 2 saturated carbocycles. The molecule has 3 rings (SSSR count). The van der Waals surface area contributed by atoms with Crippen molar-refractivity contribution >= 4 is 0 Å². The van der Waals surface area contributed by atoms with E-state index in [2.05, 4.69) is 17.1 Å². The van der Waals surface area contributed by atoms with E-state index in [-0.39, 0.29) is 0 Å². The molecule has 1 aliphatic heterocycles. The van der Waals surface area contributed by atoms with E-state index in [1.807, 2.05) is 0 Å². The van der Waals surface area contributed by atoms with Gasteiger partial charge in [0, 0.05) is 31.2 Å². The summed E-state index contributed by atoms with van der Waals surface area (Å²) in [6, 6.07) is 2.61. The van der Waals surface area contributed by atoms with Gasteiger partial charge < -0.3 is 5.32 Å². The summed E-state index contributed by atoms with van der Waals surface area (Å²) in [6.45, 7) is 5.05. The van der Waals surface area contributed by atoms with Crippen LogP contribution in [0.25, 0.3) is 0 Å². The Labute approximate surface area is 106 Å². The Bertz CT molecular complexity index is 249. The minimum Gasteiger partial charge on any atom is -0.310 e. The average Bonchev–Trinajstić information content (AvgIpc) is 3.05. The van der Waals surface area contributed by atoms with Crippen molar-refractivity contribution in [1.82, 2.24) is 10.2 Å². The van der Waals surface area contributed by atoms with Gasteiger partial charge in [0.05, 0.1) is 0 Å². The smallest absolute Gasteiger partial charge is 0.0209 e. The van der Waals surface area contributed by atoms with Crippen molar-refractivity contribution in [3.63, 3.8) is 0 Å². The maximum absolute atomic E-state index is 3.81. The summed E-state index contributed by atoms with van der Waals surface area (Å²) in [4.78, 5) is 2.79. The van der Waals surface area contributed by atoms with Crippen LogP contribution in [0.3, 0.4) is 0 Å². The van der Waals surface area contributed by atoms with E-state index < -0.39 is 0 Å². The second-order valence-electron chi connectivity index (χ2n) is 6.52. The van der Waals surface area contributed by atoms with E-state index in [9.17, 15) is 0 Å². The van der Waals surface area contributed by atoms with Gasteiger partial charge in [0.1, 0.15) is 0 Å². The van der Waals surface area contributed by atoms with E-state index in [1.165, 1.54) is 64.5 Å². The van der Waals surface area contributed by atoms with Crippen molar-refractivity contribution in [3.8, 4) is 0 Å². The van der Waals surface area contributed by atoms with Crippen molar-refractivity contribution in [2.24, 2.45) is 5.92 Å². The van der Waals surface area contributed by atoms with Gasteiger partial charge in [0.25, 0.3) is 0 Å². The second kappa shape index (κ2) is 5.27. The van der Waals surface area contributed by atoms with Crippen LogP contribution in [0.15, 0.2) is 0 Å². The van der Waals surface area contributed by atoms with Crippen LogP contribution in [0.2, 0.25) is 0 Å². The fourth-order valence-electron chi connectivity index (χ4n) is 3.80. The molecule has 0 aromatic heterocycles. The third kappa shape index (κ3) is 3.03. The van der Waals surface area contributed by atoms with E-state index in [1.54, 1.807) is 0 Å². The first kappa shape index (κ1) is 12.0. The first-order valence-electron chi connectivity index (χ1n) is 7.85. The Hall–Kier alpha value is -0.0800. The van der Waals surface area contributed by atoms with Crippen LogP contribution in [0.1, 0.15) is 58.3 Å². The van der Waals surface area contributed by atoms with E-state index in [4.69, 9.17) is 0 Å². The van der Waals surface area contributed by atoms with E-state index >= 15 is 0 Å². The number of hydrogen-bond acceptors (Lipinski definition) is 2. The lowest BCUT2D eigenvalue weighted by molar-refractivity contribution is 0.152. The first-order valence-corrected chi connectivity index (χ1v) is 7.85. The largest absolute Gasteiger partial charge is 0.310 e. The molecule has 0 amide bonds. The minimum atomic E-state index is 0.810. The fourth-order valence-corrected chi connectivity index (χ4v) is 3.80. The molecule has 0 bridgehead atoms. The van der Waals surface area contributed by atoms with Gasteiger partial charge >= 0.3 is 0 Å². The number of nitrogens with one attached hydrogen (secondary N) is 1. The lowest BCUT2D eigenvalue weighted by Crippen LogP contribution is -2.40. The minimum absolute atomic E-state index is 0.810. The Morgan fingerprint density at radius 1 is 1.06 bits per heavy atom. The highest BCUT2D eigenvalue weighted by molar-refractivity contribution is 4.92. The van der Waals surface area contributed by atoms with Gasteiger partial charge in [-0.2, -0.15) is 0 Å². The van der Waals surface area contributed by atoms with Gasteiger partial charge in [-0.05, 0) is 38.0 Å². The van der Waals surface area contributed by atoms with Gasteiger partial charge in [-0.3, -0.25) is 4.90 Å². The third-order valence-electron chi connectivity index (χ3n) is 5.12.